The molecule has 0 radical (unpaired) electrons. The Hall–Kier alpha value is -0.450. The standard InChI is InChI=1S/C14H26N2OS/c1-13(2,3)10-9(8-15)18-12(16-10)11(17-7)14(4,5)6/h11H,8,15H2,1-7H3. The molecule has 0 spiro atoms. The van der Waals surface area contributed by atoms with Crippen molar-refractivity contribution in [3.05, 3.63) is 15.6 Å². The lowest BCUT2D eigenvalue weighted by molar-refractivity contribution is 0.0149. The summed E-state index contributed by atoms with van der Waals surface area (Å²) in [5, 5.41) is 1.04. The Labute approximate surface area is 115 Å². The number of hydrogen-bond acceptors (Lipinski definition) is 4. The molecule has 0 saturated carbocycles. The molecule has 2 N–H and O–H groups in total. The van der Waals surface area contributed by atoms with Crippen LogP contribution in [0.5, 0.6) is 0 Å². The molecule has 1 rings (SSSR count). The van der Waals surface area contributed by atoms with E-state index in [0.29, 0.717) is 6.54 Å². The Morgan fingerprint density at radius 3 is 2.06 bits per heavy atom. The first-order valence-corrected chi connectivity index (χ1v) is 7.16. The molecule has 0 fully saturated rings. The van der Waals surface area contributed by atoms with Crippen LogP contribution in [0.1, 0.15) is 63.2 Å². The molecule has 3 nitrogen and oxygen atoms in total. The zero-order chi connectivity index (χ0) is 14.1. The fourth-order valence-electron chi connectivity index (χ4n) is 2.03. The van der Waals surface area contributed by atoms with Crippen molar-refractivity contribution < 1.29 is 4.74 Å². The van der Waals surface area contributed by atoms with Gasteiger partial charge in [-0.1, -0.05) is 41.5 Å². The lowest BCUT2D eigenvalue weighted by Gasteiger charge is -2.27. The van der Waals surface area contributed by atoms with Crippen molar-refractivity contribution in [2.45, 2.75) is 59.6 Å². The van der Waals surface area contributed by atoms with Gasteiger partial charge in [0, 0.05) is 23.9 Å². The molecule has 0 aliphatic heterocycles. The van der Waals surface area contributed by atoms with Gasteiger partial charge in [0.15, 0.2) is 0 Å². The number of hydrogen-bond donors (Lipinski definition) is 1. The van der Waals surface area contributed by atoms with Crippen LogP contribution in [0.2, 0.25) is 0 Å². The monoisotopic (exact) mass is 270 g/mol. The normalized spacial score (nSPS) is 14.9. The van der Waals surface area contributed by atoms with Crippen molar-refractivity contribution >= 4 is 11.3 Å². The van der Waals surface area contributed by atoms with Crippen LogP contribution in [-0.2, 0) is 16.7 Å². The Kier molecular flexibility index (Phi) is 4.57. The van der Waals surface area contributed by atoms with E-state index in [9.17, 15) is 0 Å². The van der Waals surface area contributed by atoms with Crippen LogP contribution in [-0.4, -0.2) is 12.1 Å². The van der Waals surface area contributed by atoms with Crippen LogP contribution in [0.15, 0.2) is 0 Å². The highest BCUT2D eigenvalue weighted by molar-refractivity contribution is 7.11. The van der Waals surface area contributed by atoms with Gasteiger partial charge in [0.05, 0.1) is 5.69 Å². The first kappa shape index (κ1) is 15.6. The molecule has 0 saturated heterocycles. The van der Waals surface area contributed by atoms with Crippen LogP contribution in [0.3, 0.4) is 0 Å². The summed E-state index contributed by atoms with van der Waals surface area (Å²) in [4.78, 5) is 5.97. The van der Waals surface area contributed by atoms with Crippen molar-refractivity contribution in [1.82, 2.24) is 4.98 Å². The minimum atomic E-state index is 0.0175. The summed E-state index contributed by atoms with van der Waals surface area (Å²) in [7, 11) is 1.75. The molecule has 0 aromatic carbocycles. The molecule has 1 aromatic rings. The van der Waals surface area contributed by atoms with Gasteiger partial charge in [0.1, 0.15) is 11.1 Å². The van der Waals surface area contributed by atoms with Gasteiger partial charge in [0.2, 0.25) is 0 Å². The van der Waals surface area contributed by atoms with E-state index < -0.39 is 0 Å². The average Bonchev–Trinajstić information content (AvgIpc) is 2.59. The number of nitrogens with zero attached hydrogens (tertiary/aromatic N) is 1. The minimum absolute atomic E-state index is 0.0175. The molecule has 4 heteroatoms. The van der Waals surface area contributed by atoms with Crippen molar-refractivity contribution in [3.8, 4) is 0 Å². The van der Waals surface area contributed by atoms with E-state index in [1.165, 1.54) is 4.88 Å². The van der Waals surface area contributed by atoms with E-state index in [0.717, 1.165) is 10.7 Å². The largest absolute Gasteiger partial charge is 0.374 e. The highest BCUT2D eigenvalue weighted by atomic mass is 32.1. The van der Waals surface area contributed by atoms with Crippen LogP contribution < -0.4 is 5.73 Å². The smallest absolute Gasteiger partial charge is 0.123 e. The van der Waals surface area contributed by atoms with Crippen LogP contribution in [0, 0.1) is 5.41 Å². The SMILES string of the molecule is COC(c1nc(C(C)(C)C)c(CN)s1)C(C)(C)C. The zero-order valence-corrected chi connectivity index (χ0v) is 13.4. The average molecular weight is 270 g/mol. The molecule has 1 aromatic heterocycles. The van der Waals surface area contributed by atoms with Gasteiger partial charge in [-0.15, -0.1) is 11.3 Å². The highest BCUT2D eigenvalue weighted by Gasteiger charge is 2.31. The molecule has 18 heavy (non-hydrogen) atoms. The van der Waals surface area contributed by atoms with Crippen LogP contribution in [0.4, 0.5) is 0 Å². The van der Waals surface area contributed by atoms with Gasteiger partial charge in [-0.3, -0.25) is 0 Å². The summed E-state index contributed by atoms with van der Waals surface area (Å²) < 4.78 is 5.63. The predicted octanol–water partition coefficient (Wildman–Crippen LogP) is 3.63. The van der Waals surface area contributed by atoms with Crippen LogP contribution >= 0.6 is 11.3 Å². The van der Waals surface area contributed by atoms with Gasteiger partial charge < -0.3 is 10.5 Å². The minimum Gasteiger partial charge on any atom is -0.374 e. The van der Waals surface area contributed by atoms with E-state index in [1.54, 1.807) is 18.4 Å². The maximum absolute atomic E-state index is 5.84. The lowest BCUT2D eigenvalue weighted by atomic mass is 9.88. The highest BCUT2D eigenvalue weighted by Crippen LogP contribution is 2.40. The number of ether oxygens (including phenoxy) is 1. The van der Waals surface area contributed by atoms with Gasteiger partial charge in [-0.05, 0) is 5.41 Å². The van der Waals surface area contributed by atoms with Gasteiger partial charge in [-0.25, -0.2) is 4.98 Å². The third-order valence-electron chi connectivity index (χ3n) is 2.86. The predicted molar refractivity (Wildman–Crippen MR) is 77.9 cm³/mol. The summed E-state index contributed by atoms with van der Waals surface area (Å²) in [6.45, 7) is 13.6. The molecule has 0 aliphatic carbocycles. The van der Waals surface area contributed by atoms with E-state index in [2.05, 4.69) is 41.5 Å². The number of methoxy groups -OCH3 is 1. The first-order valence-electron chi connectivity index (χ1n) is 6.34. The quantitative estimate of drug-likeness (QED) is 0.912. The summed E-state index contributed by atoms with van der Waals surface area (Å²) in [6.07, 6.45) is 0.0175. The molecule has 104 valence electrons. The second-order valence-corrected chi connectivity index (χ2v) is 7.87. The number of thiazole rings is 1. The van der Waals surface area contributed by atoms with Crippen molar-refractivity contribution in [3.63, 3.8) is 0 Å². The summed E-state index contributed by atoms with van der Waals surface area (Å²) >= 11 is 1.68. The molecule has 1 atom stereocenters. The zero-order valence-electron chi connectivity index (χ0n) is 12.6. The van der Waals surface area contributed by atoms with E-state index in [4.69, 9.17) is 15.5 Å². The third-order valence-corrected chi connectivity index (χ3v) is 3.98. The van der Waals surface area contributed by atoms with Crippen molar-refractivity contribution in [1.29, 1.82) is 0 Å². The molecule has 0 amide bonds. The van der Waals surface area contributed by atoms with Gasteiger partial charge in [-0.2, -0.15) is 0 Å². The number of nitrogens with two attached hydrogens (primary N) is 1. The van der Waals surface area contributed by atoms with Gasteiger partial charge >= 0.3 is 0 Å². The van der Waals surface area contributed by atoms with E-state index in [-0.39, 0.29) is 16.9 Å². The molecular formula is C14H26N2OS. The summed E-state index contributed by atoms with van der Waals surface area (Å²) in [5.74, 6) is 0. The maximum Gasteiger partial charge on any atom is 0.123 e. The number of aromatic nitrogens is 1. The first-order chi connectivity index (χ1) is 8.11. The molecule has 1 heterocycles. The Morgan fingerprint density at radius 2 is 1.78 bits per heavy atom. The topological polar surface area (TPSA) is 48.1 Å². The Bertz CT molecular complexity index is 399. The van der Waals surface area contributed by atoms with Crippen LogP contribution in [0.25, 0.3) is 0 Å². The molecule has 0 aliphatic rings. The molecular weight excluding hydrogens is 244 g/mol. The summed E-state index contributed by atoms with van der Waals surface area (Å²) in [6, 6.07) is 0. The second kappa shape index (κ2) is 5.27. The lowest BCUT2D eigenvalue weighted by Crippen LogP contribution is -2.21. The third kappa shape index (κ3) is 3.31. The molecule has 1 unspecified atom stereocenters. The Balaban J connectivity index is 3.24. The van der Waals surface area contributed by atoms with E-state index in [1.807, 2.05) is 0 Å². The second-order valence-electron chi connectivity index (χ2n) is 6.76. The van der Waals surface area contributed by atoms with Crippen molar-refractivity contribution in [2.24, 2.45) is 11.1 Å². The Morgan fingerprint density at radius 1 is 1.22 bits per heavy atom. The van der Waals surface area contributed by atoms with Gasteiger partial charge in [0.25, 0.3) is 0 Å². The fourth-order valence-corrected chi connectivity index (χ4v) is 3.51. The number of rotatable bonds is 3. The fraction of sp³-hybridized carbons (Fsp3) is 0.786. The van der Waals surface area contributed by atoms with E-state index >= 15 is 0 Å². The maximum atomic E-state index is 5.84. The van der Waals surface area contributed by atoms with Crippen molar-refractivity contribution in [2.75, 3.05) is 7.11 Å². The summed E-state index contributed by atoms with van der Waals surface area (Å²) in [5.41, 5.74) is 7.01. The molecule has 0 bridgehead atoms.